The first kappa shape index (κ1) is 12.3. The first-order valence-corrected chi connectivity index (χ1v) is 6.72. The molecule has 72 valence electrons. The van der Waals surface area contributed by atoms with Gasteiger partial charge in [0.25, 0.3) is 0 Å². The van der Waals surface area contributed by atoms with Gasteiger partial charge in [0.2, 0.25) is 0 Å². The van der Waals surface area contributed by atoms with Gasteiger partial charge in [-0.25, -0.2) is 0 Å². The Hall–Kier alpha value is 0.330. The molecule has 0 rings (SSSR count). The fourth-order valence-electron chi connectivity index (χ4n) is 0.711. The maximum atomic E-state index is 10.2. The standard InChI is InChI=1S/C6H15N2O2PS/c1-7-3-2-4-8-5-6-12-11(9)10/h7-8H,2-6H2,1H3/p+1. The molecule has 0 spiro atoms. The molecule has 0 bridgehead atoms. The molecule has 1 unspecified atom stereocenters. The molecule has 0 amide bonds. The summed E-state index contributed by atoms with van der Waals surface area (Å²) in [6.45, 7) is 2.77. The third-order valence-corrected chi connectivity index (χ3v) is 3.08. The summed E-state index contributed by atoms with van der Waals surface area (Å²) in [5, 5.41) is 6.22. The molecule has 0 aromatic heterocycles. The molecular formula is C6H16N2O2PS+. The molecule has 0 saturated heterocycles. The third kappa shape index (κ3) is 10.3. The zero-order valence-electron chi connectivity index (χ0n) is 7.25. The van der Waals surface area contributed by atoms with E-state index in [9.17, 15) is 4.57 Å². The van der Waals surface area contributed by atoms with E-state index in [1.165, 1.54) is 0 Å². The minimum atomic E-state index is -2.01. The van der Waals surface area contributed by atoms with Crippen LogP contribution in [0, 0.1) is 0 Å². The normalized spacial score (nSPS) is 11.7. The van der Waals surface area contributed by atoms with Gasteiger partial charge in [-0.1, -0.05) is 0 Å². The predicted octanol–water partition coefficient (Wildman–Crippen LogP) is 0.568. The fourth-order valence-corrected chi connectivity index (χ4v) is 1.85. The van der Waals surface area contributed by atoms with Crippen molar-refractivity contribution in [1.29, 1.82) is 0 Å². The molecule has 0 heterocycles. The largest absolute Gasteiger partial charge is 0.582 e. The van der Waals surface area contributed by atoms with E-state index in [1.54, 1.807) is 0 Å². The molecule has 0 aliphatic carbocycles. The minimum Gasteiger partial charge on any atom is -0.320 e. The molecular weight excluding hydrogens is 195 g/mol. The summed E-state index contributed by atoms with van der Waals surface area (Å²) in [7, 11) is -0.0909. The number of rotatable bonds is 8. The molecule has 1 atom stereocenters. The van der Waals surface area contributed by atoms with Gasteiger partial charge in [0.1, 0.15) is 0 Å². The Morgan fingerprint density at radius 3 is 2.75 bits per heavy atom. The lowest BCUT2D eigenvalue weighted by atomic mass is 10.4. The van der Waals surface area contributed by atoms with Crippen molar-refractivity contribution in [2.75, 3.05) is 32.4 Å². The molecule has 3 N–H and O–H groups in total. The highest BCUT2D eigenvalue weighted by Gasteiger charge is 2.10. The van der Waals surface area contributed by atoms with Crippen LogP contribution in [0.1, 0.15) is 6.42 Å². The van der Waals surface area contributed by atoms with Crippen LogP contribution < -0.4 is 10.6 Å². The SMILES string of the molecule is CNCCCNCCS[P+](=O)O. The van der Waals surface area contributed by atoms with Gasteiger partial charge in [0.05, 0.1) is 5.75 Å². The van der Waals surface area contributed by atoms with E-state index in [2.05, 4.69) is 10.6 Å². The van der Waals surface area contributed by atoms with Crippen molar-refractivity contribution >= 4 is 18.6 Å². The molecule has 0 aromatic carbocycles. The second-order valence-electron chi connectivity index (χ2n) is 2.28. The summed E-state index contributed by atoms with van der Waals surface area (Å²) in [5.41, 5.74) is 0. The second-order valence-corrected chi connectivity index (χ2v) is 5.13. The average Bonchev–Trinajstić information content (AvgIpc) is 2.02. The molecule has 0 fully saturated rings. The van der Waals surface area contributed by atoms with Gasteiger partial charge in [0, 0.05) is 6.54 Å². The molecule has 0 aliphatic heterocycles. The van der Waals surface area contributed by atoms with Crippen molar-refractivity contribution in [3.05, 3.63) is 0 Å². The van der Waals surface area contributed by atoms with Crippen LogP contribution in [0.3, 0.4) is 0 Å². The first-order chi connectivity index (χ1) is 5.77. The summed E-state index contributed by atoms with van der Waals surface area (Å²) in [5.74, 6) is 0.700. The Balaban J connectivity index is 2.86. The van der Waals surface area contributed by atoms with Gasteiger partial charge < -0.3 is 10.6 Å². The van der Waals surface area contributed by atoms with Gasteiger partial charge in [-0.2, -0.15) is 4.89 Å². The van der Waals surface area contributed by atoms with Crippen LogP contribution in [0.4, 0.5) is 0 Å². The van der Waals surface area contributed by atoms with Crippen LogP contribution in [0.5, 0.6) is 0 Å². The van der Waals surface area contributed by atoms with Crippen LogP contribution in [-0.2, 0) is 4.57 Å². The maximum absolute atomic E-state index is 10.2. The van der Waals surface area contributed by atoms with Gasteiger partial charge in [0.15, 0.2) is 11.4 Å². The van der Waals surface area contributed by atoms with Gasteiger partial charge in [-0.15, -0.1) is 0 Å². The summed E-state index contributed by atoms with van der Waals surface area (Å²) in [6, 6.07) is 0. The number of nitrogens with one attached hydrogen (secondary N) is 2. The van der Waals surface area contributed by atoms with Gasteiger partial charge in [-0.05, 0) is 31.1 Å². The average molecular weight is 211 g/mol. The minimum absolute atomic E-state index is 0.700. The molecule has 0 saturated carbocycles. The monoisotopic (exact) mass is 211 g/mol. The Bertz CT molecular complexity index is 126. The van der Waals surface area contributed by atoms with E-state index in [-0.39, 0.29) is 0 Å². The molecule has 12 heavy (non-hydrogen) atoms. The third-order valence-electron chi connectivity index (χ3n) is 1.26. The number of hydrogen-bond donors (Lipinski definition) is 3. The summed E-state index contributed by atoms with van der Waals surface area (Å²) in [4.78, 5) is 8.43. The highest BCUT2D eigenvalue weighted by Crippen LogP contribution is 2.31. The van der Waals surface area contributed by atoms with E-state index in [0.29, 0.717) is 5.75 Å². The van der Waals surface area contributed by atoms with E-state index >= 15 is 0 Å². The van der Waals surface area contributed by atoms with Gasteiger partial charge >= 0.3 is 7.23 Å². The van der Waals surface area contributed by atoms with Crippen molar-refractivity contribution in [2.24, 2.45) is 0 Å². The van der Waals surface area contributed by atoms with Crippen molar-refractivity contribution in [3.8, 4) is 0 Å². The lowest BCUT2D eigenvalue weighted by Crippen LogP contribution is -2.21. The Kier molecular flexibility index (Phi) is 9.68. The lowest BCUT2D eigenvalue weighted by Gasteiger charge is -2.00. The van der Waals surface area contributed by atoms with Crippen molar-refractivity contribution in [1.82, 2.24) is 10.6 Å². The summed E-state index contributed by atoms with van der Waals surface area (Å²) < 4.78 is 10.2. The molecule has 0 aromatic rings. The van der Waals surface area contributed by atoms with E-state index < -0.39 is 7.23 Å². The Morgan fingerprint density at radius 2 is 2.17 bits per heavy atom. The molecule has 0 radical (unpaired) electrons. The molecule has 4 nitrogen and oxygen atoms in total. The Labute approximate surface area is 78.1 Å². The molecule has 6 heteroatoms. The van der Waals surface area contributed by atoms with Crippen LogP contribution in [0.25, 0.3) is 0 Å². The quantitative estimate of drug-likeness (QED) is 0.405. The fraction of sp³-hybridized carbons (Fsp3) is 1.00. The predicted molar refractivity (Wildman–Crippen MR) is 53.7 cm³/mol. The topological polar surface area (TPSA) is 61.4 Å². The Morgan fingerprint density at radius 1 is 1.42 bits per heavy atom. The van der Waals surface area contributed by atoms with Crippen molar-refractivity contribution in [3.63, 3.8) is 0 Å². The van der Waals surface area contributed by atoms with E-state index in [0.717, 1.165) is 37.4 Å². The highest BCUT2D eigenvalue weighted by molar-refractivity contribution is 8.50. The van der Waals surface area contributed by atoms with Crippen LogP contribution in [0.2, 0.25) is 0 Å². The van der Waals surface area contributed by atoms with E-state index in [1.807, 2.05) is 7.05 Å². The van der Waals surface area contributed by atoms with Crippen LogP contribution in [0.15, 0.2) is 0 Å². The summed E-state index contributed by atoms with van der Waals surface area (Å²) >= 11 is 1.08. The highest BCUT2D eigenvalue weighted by atomic mass is 32.7. The lowest BCUT2D eigenvalue weighted by molar-refractivity contribution is 0.519. The van der Waals surface area contributed by atoms with Gasteiger partial charge in [-0.3, -0.25) is 0 Å². The zero-order chi connectivity index (χ0) is 9.23. The number of hydrogen-bond acceptors (Lipinski definition) is 4. The summed E-state index contributed by atoms with van der Waals surface area (Å²) in [6.07, 6.45) is 1.09. The van der Waals surface area contributed by atoms with Crippen molar-refractivity contribution in [2.45, 2.75) is 6.42 Å². The maximum Gasteiger partial charge on any atom is 0.582 e. The first-order valence-electron chi connectivity index (χ1n) is 3.91. The molecule has 0 aliphatic rings. The smallest absolute Gasteiger partial charge is 0.320 e. The van der Waals surface area contributed by atoms with Crippen LogP contribution >= 0.6 is 18.6 Å². The van der Waals surface area contributed by atoms with Crippen molar-refractivity contribution < 1.29 is 9.46 Å². The zero-order valence-corrected chi connectivity index (χ0v) is 8.96. The van der Waals surface area contributed by atoms with E-state index in [4.69, 9.17) is 4.89 Å². The second kappa shape index (κ2) is 9.42. The van der Waals surface area contributed by atoms with Crippen LogP contribution in [-0.4, -0.2) is 37.3 Å².